The third kappa shape index (κ3) is 14.0. The number of methoxy groups -OCH3 is 2. The van der Waals surface area contributed by atoms with Crippen LogP contribution in [0.3, 0.4) is 0 Å². The van der Waals surface area contributed by atoms with Crippen LogP contribution in [-0.2, 0) is 45.7 Å². The van der Waals surface area contributed by atoms with Gasteiger partial charge in [-0.05, 0) is 133 Å². The van der Waals surface area contributed by atoms with Crippen molar-refractivity contribution in [2.75, 3.05) is 23.7 Å². The van der Waals surface area contributed by atoms with Gasteiger partial charge in [-0.15, -0.1) is 13.2 Å². The van der Waals surface area contributed by atoms with E-state index in [2.05, 4.69) is 14.2 Å². The standard InChI is InChI=1S/C23H23NO6S.C22H18F3NO5S/c1-29-21-13-12-20(15-22(21)30-2)31(27,28)24-19-5-3-4-17(14-19)7-6-16-8-10-18(11-9-16)23(25)26;23-22(24,25)31-19-10-12-20(13-11-19)32(29,30)26-18-3-1-2-16(14-18)5-4-15-6-8-17(9-7-15)21(27)28/h3-5,8-15,24H,6-7H2,1-2H3,(H,25,26);1-3,6-14,26H,4-5H2,(H,27,28). The van der Waals surface area contributed by atoms with Crippen molar-refractivity contribution in [2.45, 2.75) is 41.8 Å². The summed E-state index contributed by atoms with van der Waals surface area (Å²) in [5.74, 6) is -1.71. The lowest BCUT2D eigenvalue weighted by Crippen LogP contribution is -2.17. The van der Waals surface area contributed by atoms with E-state index in [9.17, 15) is 39.6 Å². The number of carboxylic acid groups (broad SMARTS) is 2. The van der Waals surface area contributed by atoms with Crippen molar-refractivity contribution >= 4 is 43.4 Å². The quantitative estimate of drug-likeness (QED) is 0.0683. The van der Waals surface area contributed by atoms with Gasteiger partial charge in [-0.3, -0.25) is 9.44 Å². The van der Waals surface area contributed by atoms with Crippen LogP contribution in [0, 0.1) is 0 Å². The third-order valence-corrected chi connectivity index (χ3v) is 12.0. The number of ether oxygens (including phenoxy) is 3. The number of halogens is 3. The summed E-state index contributed by atoms with van der Waals surface area (Å²) in [5, 5.41) is 17.9. The van der Waals surface area contributed by atoms with Gasteiger partial charge >= 0.3 is 18.3 Å². The van der Waals surface area contributed by atoms with Gasteiger partial charge in [0.25, 0.3) is 20.0 Å². The molecule has 0 aromatic heterocycles. The highest BCUT2D eigenvalue weighted by atomic mass is 32.2. The number of hydrogen-bond acceptors (Lipinski definition) is 9. The molecule has 0 amide bonds. The summed E-state index contributed by atoms with van der Waals surface area (Å²) in [6.07, 6.45) is -2.27. The number of aryl methyl sites for hydroxylation is 4. The molecule has 0 heterocycles. The van der Waals surface area contributed by atoms with Crippen molar-refractivity contribution in [3.8, 4) is 17.2 Å². The maximum Gasteiger partial charge on any atom is 0.573 e. The number of anilines is 2. The lowest BCUT2D eigenvalue weighted by Gasteiger charge is -2.12. The van der Waals surface area contributed by atoms with Crippen LogP contribution >= 0.6 is 0 Å². The summed E-state index contributed by atoms with van der Waals surface area (Å²) >= 11 is 0. The number of benzene rings is 6. The van der Waals surface area contributed by atoms with E-state index in [4.69, 9.17) is 19.7 Å². The van der Waals surface area contributed by atoms with Gasteiger partial charge in [-0.25, -0.2) is 26.4 Å². The molecular weight excluding hydrogens is 866 g/mol. The average molecular weight is 907 g/mol. The minimum atomic E-state index is -4.86. The Bertz CT molecular complexity index is 2750. The second-order valence-electron chi connectivity index (χ2n) is 13.7. The Labute approximate surface area is 361 Å². The van der Waals surface area contributed by atoms with E-state index in [0.29, 0.717) is 48.6 Å². The zero-order chi connectivity index (χ0) is 45.8. The Kier molecular flexibility index (Phi) is 15.4. The van der Waals surface area contributed by atoms with E-state index in [1.807, 2.05) is 12.1 Å². The van der Waals surface area contributed by atoms with Gasteiger partial charge in [0, 0.05) is 17.4 Å². The average Bonchev–Trinajstić information content (AvgIpc) is 3.24. The molecule has 0 aliphatic heterocycles. The van der Waals surface area contributed by atoms with Gasteiger partial charge in [-0.1, -0.05) is 48.5 Å². The highest BCUT2D eigenvalue weighted by molar-refractivity contribution is 7.93. The number of rotatable bonds is 17. The molecule has 0 saturated heterocycles. The van der Waals surface area contributed by atoms with Crippen LogP contribution in [0.4, 0.5) is 24.5 Å². The van der Waals surface area contributed by atoms with E-state index < -0.39 is 44.1 Å². The molecule has 0 radical (unpaired) electrons. The fourth-order valence-electron chi connectivity index (χ4n) is 6.02. The first-order chi connectivity index (χ1) is 29.8. The predicted molar refractivity (Wildman–Crippen MR) is 229 cm³/mol. The molecule has 6 aromatic carbocycles. The predicted octanol–water partition coefficient (Wildman–Crippen LogP) is 8.86. The number of nitrogens with one attached hydrogen (secondary N) is 2. The van der Waals surface area contributed by atoms with Gasteiger partial charge < -0.3 is 24.4 Å². The van der Waals surface area contributed by atoms with Gasteiger partial charge in [0.05, 0.1) is 35.1 Å². The maximum absolute atomic E-state index is 12.8. The van der Waals surface area contributed by atoms with Crippen LogP contribution in [0.25, 0.3) is 0 Å². The zero-order valence-electron chi connectivity index (χ0n) is 33.6. The van der Waals surface area contributed by atoms with Crippen molar-refractivity contribution in [3.05, 3.63) is 173 Å². The second-order valence-corrected chi connectivity index (χ2v) is 17.0. The number of hydrogen-bond donors (Lipinski definition) is 4. The lowest BCUT2D eigenvalue weighted by atomic mass is 10.0. The third-order valence-electron chi connectivity index (χ3n) is 9.20. The van der Waals surface area contributed by atoms with E-state index >= 15 is 0 Å². The van der Waals surface area contributed by atoms with Gasteiger partial charge in [0.15, 0.2) is 11.5 Å². The van der Waals surface area contributed by atoms with Crippen LogP contribution in [0.15, 0.2) is 149 Å². The Balaban J connectivity index is 0.000000238. The molecule has 0 fully saturated rings. The minimum absolute atomic E-state index is 0.0640. The Morgan fingerprint density at radius 2 is 0.937 bits per heavy atom. The largest absolute Gasteiger partial charge is 0.573 e. The van der Waals surface area contributed by atoms with Crippen molar-refractivity contribution in [1.29, 1.82) is 0 Å². The molecule has 0 aliphatic carbocycles. The smallest absolute Gasteiger partial charge is 0.493 e. The summed E-state index contributed by atoms with van der Waals surface area (Å²) in [6.45, 7) is 0. The van der Waals surface area contributed by atoms with Crippen molar-refractivity contribution in [3.63, 3.8) is 0 Å². The molecule has 0 bridgehead atoms. The fourth-order valence-corrected chi connectivity index (χ4v) is 8.13. The lowest BCUT2D eigenvalue weighted by molar-refractivity contribution is -0.274. The van der Waals surface area contributed by atoms with Crippen molar-refractivity contribution in [1.82, 2.24) is 0 Å². The molecule has 0 saturated carbocycles. The molecule has 0 aliphatic rings. The summed E-state index contributed by atoms with van der Waals surface area (Å²) in [4.78, 5) is 21.7. The molecular formula is C45H41F3N2O11S2. The van der Waals surface area contributed by atoms with Gasteiger partial charge in [-0.2, -0.15) is 0 Å². The Hall–Kier alpha value is -7.05. The number of alkyl halides is 3. The molecule has 63 heavy (non-hydrogen) atoms. The second kappa shape index (κ2) is 20.7. The van der Waals surface area contributed by atoms with Gasteiger partial charge in [0.1, 0.15) is 5.75 Å². The number of carboxylic acids is 2. The highest BCUT2D eigenvalue weighted by Gasteiger charge is 2.31. The van der Waals surface area contributed by atoms with E-state index in [1.54, 1.807) is 78.9 Å². The molecule has 6 aromatic rings. The number of carbonyl (C=O) groups is 2. The summed E-state index contributed by atoms with van der Waals surface area (Å²) in [5.41, 5.74) is 4.94. The molecule has 0 unspecified atom stereocenters. The Morgan fingerprint density at radius 3 is 1.35 bits per heavy atom. The molecule has 0 atom stereocenters. The molecule has 0 spiro atoms. The van der Waals surface area contributed by atoms with E-state index in [1.165, 1.54) is 38.5 Å². The highest BCUT2D eigenvalue weighted by Crippen LogP contribution is 2.31. The maximum atomic E-state index is 12.8. The van der Waals surface area contributed by atoms with Crippen LogP contribution < -0.4 is 23.7 Å². The SMILES string of the molecule is COc1ccc(S(=O)(=O)Nc2cccc(CCc3ccc(C(=O)O)cc3)c2)cc1OC.O=C(O)c1ccc(CCc2cccc(NS(=O)(=O)c3ccc(OC(F)(F)F)cc3)c2)cc1. The van der Waals surface area contributed by atoms with Crippen LogP contribution in [0.5, 0.6) is 17.2 Å². The summed E-state index contributed by atoms with van der Waals surface area (Å²) < 4.78 is 107. The topological polar surface area (TPSA) is 195 Å². The van der Waals surface area contributed by atoms with E-state index in [-0.39, 0.29) is 20.9 Å². The zero-order valence-corrected chi connectivity index (χ0v) is 35.3. The van der Waals surface area contributed by atoms with Gasteiger partial charge in [0.2, 0.25) is 0 Å². The molecule has 13 nitrogen and oxygen atoms in total. The van der Waals surface area contributed by atoms with Crippen LogP contribution in [0.2, 0.25) is 0 Å². The summed E-state index contributed by atoms with van der Waals surface area (Å²) in [6, 6.07) is 35.4. The monoisotopic (exact) mass is 906 g/mol. The first kappa shape index (κ1) is 47.0. The van der Waals surface area contributed by atoms with Crippen LogP contribution in [-0.4, -0.2) is 59.6 Å². The Morgan fingerprint density at radius 1 is 0.524 bits per heavy atom. The normalized spacial score (nSPS) is 11.4. The first-order valence-electron chi connectivity index (χ1n) is 18.8. The van der Waals surface area contributed by atoms with E-state index in [0.717, 1.165) is 46.5 Å². The number of sulfonamides is 2. The summed E-state index contributed by atoms with van der Waals surface area (Å²) in [7, 11) is -4.89. The molecule has 4 N–H and O–H groups in total. The van der Waals surface area contributed by atoms with Crippen molar-refractivity contribution in [2.24, 2.45) is 0 Å². The number of aromatic carboxylic acids is 2. The minimum Gasteiger partial charge on any atom is -0.493 e. The molecule has 330 valence electrons. The molecule has 18 heteroatoms. The van der Waals surface area contributed by atoms with Crippen LogP contribution in [0.1, 0.15) is 43.0 Å². The van der Waals surface area contributed by atoms with Crippen molar-refractivity contribution < 1.29 is 64.0 Å². The first-order valence-corrected chi connectivity index (χ1v) is 21.8. The fraction of sp³-hybridized carbons (Fsp3) is 0.156. The molecule has 6 rings (SSSR count).